The predicted octanol–water partition coefficient (Wildman–Crippen LogP) is 10.9. The van der Waals surface area contributed by atoms with Gasteiger partial charge in [0.2, 0.25) is 11.8 Å². The molecule has 21 heteroatoms. The van der Waals surface area contributed by atoms with E-state index in [0.717, 1.165) is 5.56 Å². The SMILES string of the molecule is O=C1C2CC3C(=CCC4C(=O)N(c5cc(C(F)(F)F)cc(C(F)(F)F)c5)C(=O)C43)C(c3ccc(OCc4ccccc4)cc3O)C2(c2ccc(Cl)cc2)C(=O)N1Nc1ncc(C(F)(F)F)cc1Cl. The minimum absolute atomic E-state index is 0.0126. The van der Waals surface area contributed by atoms with Crippen LogP contribution in [0.5, 0.6) is 11.5 Å². The molecule has 2 N–H and O–H groups in total. The Balaban J connectivity index is 1.20. The molecule has 10 nitrogen and oxygen atoms in total. The van der Waals surface area contributed by atoms with E-state index < -0.39 is 123 Å². The van der Waals surface area contributed by atoms with Crippen molar-refractivity contribution in [1.29, 1.82) is 0 Å². The van der Waals surface area contributed by atoms with Crippen LogP contribution in [0.25, 0.3) is 0 Å². The largest absolute Gasteiger partial charge is 0.508 e. The Hall–Kier alpha value is -6.60. The van der Waals surface area contributed by atoms with Crippen molar-refractivity contribution in [2.75, 3.05) is 10.3 Å². The Morgan fingerprint density at radius 1 is 0.750 bits per heavy atom. The number of imide groups is 2. The first-order valence-corrected chi connectivity index (χ1v) is 21.3. The summed E-state index contributed by atoms with van der Waals surface area (Å²) in [6.45, 7) is 0.0628. The molecule has 6 atom stereocenters. The number of halogens is 11. The summed E-state index contributed by atoms with van der Waals surface area (Å²) in [5.74, 6) is -12.4. The summed E-state index contributed by atoms with van der Waals surface area (Å²) < 4.78 is 131. The number of hydrogen-bond donors (Lipinski definition) is 2. The molecule has 0 radical (unpaired) electrons. The lowest BCUT2D eigenvalue weighted by molar-refractivity contribution is -0.143. The van der Waals surface area contributed by atoms with Crippen LogP contribution in [0.15, 0.2) is 115 Å². The third-order valence-electron chi connectivity index (χ3n) is 12.9. The van der Waals surface area contributed by atoms with Gasteiger partial charge in [-0.05, 0) is 72.4 Å². The van der Waals surface area contributed by atoms with Gasteiger partial charge in [-0.15, -0.1) is 0 Å². The van der Waals surface area contributed by atoms with Gasteiger partial charge >= 0.3 is 18.5 Å². The van der Waals surface area contributed by atoms with E-state index in [1.165, 1.54) is 48.5 Å². The second-order valence-corrected chi connectivity index (χ2v) is 17.5. The Morgan fingerprint density at radius 3 is 2.00 bits per heavy atom. The van der Waals surface area contributed by atoms with E-state index in [1.54, 1.807) is 30.3 Å². The highest BCUT2D eigenvalue weighted by molar-refractivity contribution is 6.33. The van der Waals surface area contributed by atoms with Crippen molar-refractivity contribution >= 4 is 58.3 Å². The second-order valence-electron chi connectivity index (χ2n) is 16.7. The summed E-state index contributed by atoms with van der Waals surface area (Å²) >= 11 is 12.6. The fourth-order valence-corrected chi connectivity index (χ4v) is 10.4. The molecular weight excluding hydrogens is 958 g/mol. The summed E-state index contributed by atoms with van der Waals surface area (Å²) in [5, 5.41) is 12.1. The molecule has 9 rings (SSSR count). The van der Waals surface area contributed by atoms with Crippen LogP contribution in [-0.2, 0) is 49.7 Å². The number of hydrazine groups is 1. The van der Waals surface area contributed by atoms with Crippen molar-refractivity contribution in [3.05, 3.63) is 158 Å². The van der Waals surface area contributed by atoms with Crippen LogP contribution in [-0.4, -0.2) is 38.7 Å². The molecule has 2 saturated heterocycles. The van der Waals surface area contributed by atoms with Gasteiger partial charge < -0.3 is 9.84 Å². The van der Waals surface area contributed by atoms with Crippen LogP contribution in [0.4, 0.5) is 51.0 Å². The molecule has 6 unspecified atom stereocenters. The first kappa shape index (κ1) is 46.5. The minimum atomic E-state index is -5.33. The van der Waals surface area contributed by atoms with E-state index in [2.05, 4.69) is 10.4 Å². The lowest BCUT2D eigenvalue weighted by atomic mass is 9.49. The highest BCUT2D eigenvalue weighted by Gasteiger charge is 2.71. The molecule has 4 aliphatic rings. The summed E-state index contributed by atoms with van der Waals surface area (Å²) in [6, 6.07) is 19.7. The van der Waals surface area contributed by atoms with Gasteiger partial charge in [0.05, 0.1) is 50.6 Å². The fraction of sp³-hybridized carbons (Fsp3) is 0.255. The summed E-state index contributed by atoms with van der Waals surface area (Å²) in [5.41, 5.74) is -4.34. The monoisotopic (exact) mass is 988 g/mol. The standard InChI is InChI=1S/C47H31Cl2F9N4O6/c48-27-8-6-23(7-9-27)44-34(41(65)62(43(44)67)60-39-35(49)17-26(20-59-39)47(56,57)58)19-33-30(38(44)31-11-10-29(18-36(31)63)68-21-22-4-2-1-3-5-22)12-13-32-37(33)42(66)61(40(32)64)28-15-24(45(50,51)52)14-25(16-28)46(53,54)55/h1-12,14-18,20,32-34,37-38,63H,13,19,21H2,(H,59,60). The number of phenolic OH excluding ortho intramolecular Hbond substituents is 1. The number of ether oxygens (including phenoxy) is 1. The molecular formula is C47H31Cl2F9N4O6. The number of hydrogen-bond acceptors (Lipinski definition) is 8. The number of anilines is 2. The zero-order chi connectivity index (χ0) is 48.8. The molecule has 0 spiro atoms. The van der Waals surface area contributed by atoms with Crippen LogP contribution < -0.4 is 15.1 Å². The maximum atomic E-state index is 15.5. The van der Waals surface area contributed by atoms with E-state index in [1.807, 2.05) is 0 Å². The quantitative estimate of drug-likeness (QED) is 0.0893. The average Bonchev–Trinajstić information content (AvgIpc) is 3.66. The van der Waals surface area contributed by atoms with E-state index in [0.29, 0.717) is 17.3 Å². The van der Waals surface area contributed by atoms with Gasteiger partial charge in [0.25, 0.3) is 11.8 Å². The topological polar surface area (TPSA) is 129 Å². The van der Waals surface area contributed by atoms with Gasteiger partial charge in [0.1, 0.15) is 18.1 Å². The van der Waals surface area contributed by atoms with Crippen molar-refractivity contribution in [2.24, 2.45) is 23.7 Å². The smallest absolute Gasteiger partial charge is 0.417 e. The normalized spacial score (nSPS) is 23.9. The maximum absolute atomic E-state index is 15.5. The number of nitrogens with zero attached hydrogens (tertiary/aromatic N) is 3. The number of benzene rings is 4. The number of carbonyl (C=O) groups excluding carboxylic acids is 4. The lowest BCUT2D eigenvalue weighted by Crippen LogP contribution is -2.53. The number of rotatable bonds is 8. The Morgan fingerprint density at radius 2 is 1.40 bits per heavy atom. The van der Waals surface area contributed by atoms with Gasteiger partial charge in [0.15, 0.2) is 5.82 Å². The predicted molar refractivity (Wildman–Crippen MR) is 225 cm³/mol. The van der Waals surface area contributed by atoms with Crippen LogP contribution in [0.2, 0.25) is 10.0 Å². The zero-order valence-corrected chi connectivity index (χ0v) is 35.9. The van der Waals surface area contributed by atoms with E-state index >= 15 is 9.59 Å². The number of nitrogens with one attached hydrogen (secondary N) is 1. The number of fused-ring (bicyclic) bond motifs is 4. The number of alkyl halides is 9. The number of phenols is 1. The molecule has 2 aliphatic heterocycles. The highest BCUT2D eigenvalue weighted by atomic mass is 35.5. The van der Waals surface area contributed by atoms with E-state index in [-0.39, 0.29) is 63.6 Å². The van der Waals surface area contributed by atoms with Crippen LogP contribution in [0, 0.1) is 23.7 Å². The number of aromatic hydroxyl groups is 1. The number of allylic oxidation sites excluding steroid dienone is 2. The summed E-state index contributed by atoms with van der Waals surface area (Å²) in [7, 11) is 0. The van der Waals surface area contributed by atoms with Crippen molar-refractivity contribution in [3.63, 3.8) is 0 Å². The first-order chi connectivity index (χ1) is 32.0. The molecule has 1 saturated carbocycles. The molecule has 5 aromatic rings. The highest BCUT2D eigenvalue weighted by Crippen LogP contribution is 2.65. The van der Waals surface area contributed by atoms with Crippen LogP contribution in [0.1, 0.15) is 52.1 Å². The zero-order valence-electron chi connectivity index (χ0n) is 34.4. The minimum Gasteiger partial charge on any atom is -0.508 e. The molecule has 352 valence electrons. The first-order valence-electron chi connectivity index (χ1n) is 20.5. The number of carbonyl (C=O) groups is 4. The second kappa shape index (κ2) is 16.6. The van der Waals surface area contributed by atoms with Crippen molar-refractivity contribution in [1.82, 2.24) is 9.99 Å². The van der Waals surface area contributed by atoms with Crippen molar-refractivity contribution in [3.8, 4) is 11.5 Å². The van der Waals surface area contributed by atoms with Crippen LogP contribution in [0.3, 0.4) is 0 Å². The molecule has 68 heavy (non-hydrogen) atoms. The molecule has 0 bridgehead atoms. The Kier molecular flexibility index (Phi) is 11.3. The summed E-state index contributed by atoms with van der Waals surface area (Å²) in [6.07, 6.45) is -14.4. The van der Waals surface area contributed by atoms with Gasteiger partial charge in [-0.3, -0.25) is 24.6 Å². The van der Waals surface area contributed by atoms with E-state index in [4.69, 9.17) is 27.9 Å². The number of aromatic nitrogens is 1. The van der Waals surface area contributed by atoms with Gasteiger partial charge in [-0.1, -0.05) is 83.4 Å². The lowest BCUT2D eigenvalue weighted by Gasteiger charge is -2.50. The molecule has 3 heterocycles. The van der Waals surface area contributed by atoms with Gasteiger partial charge in [-0.25, -0.2) is 9.88 Å². The maximum Gasteiger partial charge on any atom is 0.417 e. The van der Waals surface area contributed by atoms with Crippen LogP contribution >= 0.6 is 23.2 Å². The third kappa shape index (κ3) is 7.78. The number of amides is 4. The van der Waals surface area contributed by atoms with E-state index in [9.17, 15) is 54.2 Å². The fourth-order valence-electron chi connectivity index (χ4n) is 10.0. The molecule has 1 aromatic heterocycles. The molecule has 3 fully saturated rings. The van der Waals surface area contributed by atoms with Gasteiger partial charge in [-0.2, -0.15) is 44.5 Å². The molecule has 2 aliphatic carbocycles. The van der Waals surface area contributed by atoms with Crippen molar-refractivity contribution < 1.29 is 68.5 Å². The Labute approximate surface area is 388 Å². The summed E-state index contributed by atoms with van der Waals surface area (Å²) in [4.78, 5) is 63.4. The van der Waals surface area contributed by atoms with Crippen molar-refractivity contribution in [2.45, 2.75) is 49.3 Å². The molecule has 4 aromatic carbocycles. The molecule has 4 amide bonds. The average molecular weight is 990 g/mol. The number of pyridine rings is 1. The Bertz CT molecular complexity index is 2900. The third-order valence-corrected chi connectivity index (χ3v) is 13.5. The van der Waals surface area contributed by atoms with Gasteiger partial charge in [0, 0.05) is 28.8 Å².